The van der Waals surface area contributed by atoms with Crippen molar-refractivity contribution in [3.05, 3.63) is 92.4 Å². The van der Waals surface area contributed by atoms with Crippen molar-refractivity contribution in [3.8, 4) is 0 Å². The number of fused-ring (bicyclic) bond motifs is 1. The van der Waals surface area contributed by atoms with Crippen LogP contribution in [-0.2, 0) is 32.5 Å². The highest BCUT2D eigenvalue weighted by Crippen LogP contribution is 2.18. The number of likely N-dealkylation sites (N-methyl/N-ethyl adjacent to an activating group) is 1. The number of rotatable bonds is 13. The molecule has 2 heterocycles. The molecule has 0 unspecified atom stereocenters. The molecule has 2 aromatic carbocycles. The van der Waals surface area contributed by atoms with Crippen molar-refractivity contribution in [2.45, 2.75) is 52.7 Å². The van der Waals surface area contributed by atoms with E-state index in [0.717, 1.165) is 17.7 Å². The molecule has 38 heavy (non-hydrogen) atoms. The van der Waals surface area contributed by atoms with E-state index in [1.54, 1.807) is 4.57 Å². The van der Waals surface area contributed by atoms with Gasteiger partial charge in [-0.15, -0.1) is 0 Å². The maximum absolute atomic E-state index is 13.8. The average Bonchev–Trinajstić information content (AvgIpc) is 3.27. The first-order chi connectivity index (χ1) is 18.5. The highest BCUT2D eigenvalue weighted by molar-refractivity contribution is 5.71. The van der Waals surface area contributed by atoms with Crippen LogP contribution in [-0.4, -0.2) is 54.9 Å². The number of nitrogen functional groups attached to an aromatic ring is 1. The van der Waals surface area contributed by atoms with Crippen molar-refractivity contribution >= 4 is 16.9 Å². The molecule has 0 bridgehead atoms. The molecule has 0 saturated heterocycles. The normalized spacial score (nSPS) is 11.6. The number of aromatic nitrogens is 4. The predicted octanol–water partition coefficient (Wildman–Crippen LogP) is 2.50. The fourth-order valence-corrected chi connectivity index (χ4v) is 4.92. The fraction of sp³-hybridized carbons (Fsp3) is 0.414. The Bertz CT molecular complexity index is 1470. The molecule has 2 aromatic heterocycles. The molecule has 9 heteroatoms. The summed E-state index contributed by atoms with van der Waals surface area (Å²) in [5.41, 5.74) is 9.04. The largest absolute Gasteiger partial charge is 0.399 e. The third-order valence-corrected chi connectivity index (χ3v) is 6.92. The average molecular weight is 519 g/mol. The molecule has 4 rings (SSSR count). The summed E-state index contributed by atoms with van der Waals surface area (Å²) < 4.78 is 4.97. The van der Waals surface area contributed by atoms with Crippen LogP contribution < -0.4 is 17.0 Å². The van der Waals surface area contributed by atoms with E-state index in [1.807, 2.05) is 73.0 Å². The predicted molar refractivity (Wildman–Crippen MR) is 152 cm³/mol. The molecule has 0 fully saturated rings. The van der Waals surface area contributed by atoms with E-state index in [9.17, 15) is 14.7 Å². The van der Waals surface area contributed by atoms with Crippen LogP contribution in [0.25, 0.3) is 11.2 Å². The lowest BCUT2D eigenvalue weighted by Gasteiger charge is -2.20. The number of hydrogen-bond donors (Lipinski definition) is 2. The van der Waals surface area contributed by atoms with Gasteiger partial charge in [-0.25, -0.2) is 9.78 Å². The highest BCUT2D eigenvalue weighted by atomic mass is 16.3. The van der Waals surface area contributed by atoms with Crippen LogP contribution in [0.4, 0.5) is 5.69 Å². The molecule has 202 valence electrons. The van der Waals surface area contributed by atoms with E-state index >= 15 is 0 Å². The zero-order chi connectivity index (χ0) is 27.1. The quantitative estimate of drug-likeness (QED) is 0.263. The van der Waals surface area contributed by atoms with E-state index in [2.05, 4.69) is 4.90 Å². The molecule has 3 N–H and O–H groups in total. The molecule has 0 spiro atoms. The number of anilines is 1. The topological polar surface area (TPSA) is 111 Å². The first kappa shape index (κ1) is 27.3. The summed E-state index contributed by atoms with van der Waals surface area (Å²) in [6, 6.07) is 17.6. The van der Waals surface area contributed by atoms with Crippen LogP contribution in [0.15, 0.2) is 64.2 Å². The van der Waals surface area contributed by atoms with Crippen LogP contribution in [0, 0.1) is 0 Å². The summed E-state index contributed by atoms with van der Waals surface area (Å²) in [6.07, 6.45) is 1.80. The van der Waals surface area contributed by atoms with Crippen LogP contribution in [0.1, 0.15) is 37.2 Å². The second-order valence-electron chi connectivity index (χ2n) is 9.56. The zero-order valence-corrected chi connectivity index (χ0v) is 22.3. The number of aliphatic hydroxyl groups excluding tert-OH is 1. The van der Waals surface area contributed by atoms with Crippen molar-refractivity contribution in [2.75, 3.05) is 32.0 Å². The fourth-order valence-electron chi connectivity index (χ4n) is 4.92. The highest BCUT2D eigenvalue weighted by Gasteiger charge is 2.22. The summed E-state index contributed by atoms with van der Waals surface area (Å²) in [5, 5.41) is 9.47. The van der Waals surface area contributed by atoms with Crippen molar-refractivity contribution in [1.29, 1.82) is 0 Å². The number of imidazole rings is 1. The van der Waals surface area contributed by atoms with Gasteiger partial charge in [-0.05, 0) is 42.6 Å². The summed E-state index contributed by atoms with van der Waals surface area (Å²) in [4.78, 5) is 34.4. The van der Waals surface area contributed by atoms with Crippen molar-refractivity contribution in [1.82, 2.24) is 23.6 Å². The van der Waals surface area contributed by atoms with Crippen LogP contribution in [0.2, 0.25) is 0 Å². The van der Waals surface area contributed by atoms with Crippen molar-refractivity contribution in [2.24, 2.45) is 0 Å². The molecule has 0 radical (unpaired) electrons. The first-order valence-electron chi connectivity index (χ1n) is 13.4. The number of benzene rings is 2. The molecule has 9 nitrogen and oxygen atoms in total. The Kier molecular flexibility index (Phi) is 9.15. The van der Waals surface area contributed by atoms with Gasteiger partial charge < -0.3 is 15.4 Å². The molecule has 0 atom stereocenters. The lowest BCUT2D eigenvalue weighted by molar-refractivity contribution is 0.197. The van der Waals surface area contributed by atoms with E-state index in [1.165, 1.54) is 4.57 Å². The van der Waals surface area contributed by atoms with Gasteiger partial charge >= 0.3 is 5.69 Å². The van der Waals surface area contributed by atoms with E-state index < -0.39 is 0 Å². The maximum atomic E-state index is 13.8. The lowest BCUT2D eigenvalue weighted by Crippen LogP contribution is -2.41. The Labute approximate surface area is 222 Å². The SMILES string of the molecule is CCCn1c(=O)c2c(nc(Cc3cccc(N)c3)n2CCN(CC)CCO)n(CCc2ccccc2)c1=O. The van der Waals surface area contributed by atoms with Gasteiger partial charge in [0.1, 0.15) is 5.82 Å². The molecule has 4 aromatic rings. The standard InChI is InChI=1S/C29H38N6O3/c1-3-14-35-28(37)26-27(34(29(35)38)15-13-22-9-6-5-7-10-22)31-25(21-23-11-8-12-24(30)20-23)33(26)17-16-32(4-2)18-19-36/h5-12,20,36H,3-4,13-19,21,30H2,1-2H3. The lowest BCUT2D eigenvalue weighted by atomic mass is 10.1. The molecular weight excluding hydrogens is 480 g/mol. The zero-order valence-electron chi connectivity index (χ0n) is 22.3. The molecule has 0 amide bonds. The Balaban J connectivity index is 1.87. The van der Waals surface area contributed by atoms with Crippen LogP contribution >= 0.6 is 0 Å². The number of aliphatic hydroxyl groups is 1. The van der Waals surface area contributed by atoms with Crippen LogP contribution in [0.5, 0.6) is 0 Å². The number of nitrogens with zero attached hydrogens (tertiary/aromatic N) is 5. The minimum atomic E-state index is -0.323. The molecular formula is C29H38N6O3. The van der Waals surface area contributed by atoms with Gasteiger partial charge in [0.15, 0.2) is 11.2 Å². The van der Waals surface area contributed by atoms with Gasteiger partial charge in [0, 0.05) is 44.8 Å². The maximum Gasteiger partial charge on any atom is 0.332 e. The van der Waals surface area contributed by atoms with Crippen molar-refractivity contribution < 1.29 is 5.11 Å². The van der Waals surface area contributed by atoms with Crippen molar-refractivity contribution in [3.63, 3.8) is 0 Å². The summed E-state index contributed by atoms with van der Waals surface area (Å²) >= 11 is 0. The monoisotopic (exact) mass is 518 g/mol. The molecule has 0 saturated carbocycles. The molecule has 0 aliphatic carbocycles. The van der Waals surface area contributed by atoms with Gasteiger partial charge in [-0.2, -0.15) is 0 Å². The summed E-state index contributed by atoms with van der Waals surface area (Å²) in [6.45, 7) is 7.32. The Morgan fingerprint density at radius 3 is 2.34 bits per heavy atom. The van der Waals surface area contributed by atoms with Gasteiger partial charge in [0.2, 0.25) is 0 Å². The third-order valence-electron chi connectivity index (χ3n) is 6.92. The number of nitrogens with two attached hydrogens (primary N) is 1. The van der Waals surface area contributed by atoms with Gasteiger partial charge in [0.05, 0.1) is 6.61 Å². The van der Waals surface area contributed by atoms with E-state index in [4.69, 9.17) is 10.7 Å². The van der Waals surface area contributed by atoms with E-state index in [0.29, 0.717) is 74.7 Å². The Morgan fingerprint density at radius 1 is 0.895 bits per heavy atom. The Hall–Kier alpha value is -3.69. The first-order valence-corrected chi connectivity index (χ1v) is 13.4. The van der Waals surface area contributed by atoms with Gasteiger partial charge in [-0.1, -0.05) is 56.3 Å². The minimum absolute atomic E-state index is 0.0665. The summed E-state index contributed by atoms with van der Waals surface area (Å²) in [5.74, 6) is 0.713. The number of aryl methyl sites for hydroxylation is 2. The minimum Gasteiger partial charge on any atom is -0.399 e. The number of hydrogen-bond acceptors (Lipinski definition) is 6. The van der Waals surface area contributed by atoms with E-state index in [-0.39, 0.29) is 17.9 Å². The smallest absolute Gasteiger partial charge is 0.332 e. The molecule has 0 aliphatic rings. The van der Waals surface area contributed by atoms with Gasteiger partial charge in [0.25, 0.3) is 5.56 Å². The second-order valence-corrected chi connectivity index (χ2v) is 9.56. The second kappa shape index (κ2) is 12.7. The Morgan fingerprint density at radius 2 is 1.66 bits per heavy atom. The third kappa shape index (κ3) is 6.06. The van der Waals surface area contributed by atoms with Gasteiger partial charge in [-0.3, -0.25) is 18.8 Å². The molecule has 0 aliphatic heterocycles. The summed E-state index contributed by atoms with van der Waals surface area (Å²) in [7, 11) is 0. The van der Waals surface area contributed by atoms with Crippen LogP contribution in [0.3, 0.4) is 0 Å².